The Kier molecular flexibility index (Phi) is 23.0. The smallest absolute Gasteiger partial charge is 0.141 e. The van der Waals surface area contributed by atoms with Gasteiger partial charge in [0.1, 0.15) is 33.4 Å². The summed E-state index contributed by atoms with van der Waals surface area (Å²) < 4.78 is 7.08. The lowest BCUT2D eigenvalue weighted by Crippen LogP contribution is -2.15. The van der Waals surface area contributed by atoms with Crippen LogP contribution in [0.2, 0.25) is 15.2 Å². The van der Waals surface area contributed by atoms with Gasteiger partial charge in [0, 0.05) is 132 Å². The van der Waals surface area contributed by atoms with Gasteiger partial charge in [0.2, 0.25) is 0 Å². The molecule has 13 heterocycles. The summed E-state index contributed by atoms with van der Waals surface area (Å²) in [7, 11) is 3.99. The third kappa shape index (κ3) is 19.3. The van der Waals surface area contributed by atoms with Crippen molar-refractivity contribution in [2.75, 3.05) is 18.5 Å². The van der Waals surface area contributed by atoms with Crippen molar-refractivity contribution in [2.45, 2.75) is 189 Å². The number of likely N-dealkylation sites (N-methyl/N-ethyl adjacent to an activating group) is 1. The van der Waals surface area contributed by atoms with E-state index in [0.29, 0.717) is 5.15 Å². The molecule has 18 heteroatoms. The lowest BCUT2D eigenvalue weighted by atomic mass is 9.87. The van der Waals surface area contributed by atoms with Crippen LogP contribution in [0.25, 0.3) is 54.5 Å². The summed E-state index contributed by atoms with van der Waals surface area (Å²) in [6.07, 6.45) is 21.0. The average molecular weight is 1400 g/mol. The summed E-state index contributed by atoms with van der Waals surface area (Å²) >= 11 is 26.2. The number of alkyl halides is 1. The maximum Gasteiger partial charge on any atom is 0.141 e. The molecule has 2 N–H and O–H groups in total. The second-order valence-corrected chi connectivity index (χ2v) is 34.9. The van der Waals surface area contributed by atoms with Crippen LogP contribution in [0.5, 0.6) is 0 Å². The summed E-state index contributed by atoms with van der Waals surface area (Å²) in [5.41, 5.74) is 16.9. The van der Waals surface area contributed by atoms with Gasteiger partial charge in [0.15, 0.2) is 0 Å². The highest BCUT2D eigenvalue weighted by atomic mass is 35.5. The fourth-order valence-corrected chi connectivity index (χ4v) is 12.4. The predicted octanol–water partition coefficient (Wildman–Crippen LogP) is 22.5. The van der Waals surface area contributed by atoms with Gasteiger partial charge in [-0.15, -0.1) is 22.9 Å². The molecule has 0 saturated heterocycles. The fraction of sp³-hybridized carbons (Fsp3) is 0.405. The van der Waals surface area contributed by atoms with Crippen LogP contribution in [0.4, 0.5) is 5.82 Å². The van der Waals surface area contributed by atoms with Crippen molar-refractivity contribution in [1.29, 1.82) is 0 Å². The second-order valence-electron chi connectivity index (χ2n) is 32.1. The van der Waals surface area contributed by atoms with Gasteiger partial charge in [0.25, 0.3) is 0 Å². The minimum Gasteiger partial charge on any atom is -0.358 e. The lowest BCUT2D eigenvalue weighted by Gasteiger charge is -2.20. The molecule has 13 nitrogen and oxygen atoms in total. The Morgan fingerprint density at radius 3 is 1.72 bits per heavy atom. The highest BCUT2D eigenvalue weighted by molar-refractivity contribution is 7.18. The van der Waals surface area contributed by atoms with Crippen LogP contribution in [0.1, 0.15) is 195 Å². The molecule has 0 radical (unpaired) electrons. The number of imidazole rings is 2. The van der Waals surface area contributed by atoms with Crippen LogP contribution in [0, 0.1) is 0 Å². The highest BCUT2D eigenvalue weighted by Gasteiger charge is 2.28. The second kappa shape index (κ2) is 29.6. The van der Waals surface area contributed by atoms with E-state index in [1.54, 1.807) is 17.5 Å². The van der Waals surface area contributed by atoms with Crippen LogP contribution in [0.3, 0.4) is 0 Å². The molecule has 97 heavy (non-hydrogen) atoms. The number of nitrogens with zero attached hydrogens (tertiary/aromatic N) is 11. The number of nitrogens with one attached hydrogen (secondary N) is 2. The molecule has 514 valence electrons. The van der Waals surface area contributed by atoms with Crippen LogP contribution >= 0.6 is 57.7 Å². The van der Waals surface area contributed by atoms with Gasteiger partial charge in [-0.1, -0.05) is 198 Å². The zero-order chi connectivity index (χ0) is 71.5. The van der Waals surface area contributed by atoms with Gasteiger partial charge in [-0.2, -0.15) is 0 Å². The number of H-pyrrole nitrogens is 2. The number of hydrogen-bond acceptors (Lipinski definition) is 9. The molecule has 13 aromatic rings. The number of aryl methyl sites for hydroxylation is 1. The molecular formula is C79H99Cl4N13S. The van der Waals surface area contributed by atoms with Gasteiger partial charge in [0.05, 0.1) is 42.4 Å². The largest absolute Gasteiger partial charge is 0.358 e. The molecular weight excluding hydrogens is 1300 g/mol. The van der Waals surface area contributed by atoms with Crippen LogP contribution in [0.15, 0.2) is 153 Å². The van der Waals surface area contributed by atoms with Crippen molar-refractivity contribution in [3.05, 3.63) is 213 Å². The summed E-state index contributed by atoms with van der Waals surface area (Å²) in [5, 5.41) is 5.62. The molecule has 1 aliphatic heterocycles. The van der Waals surface area contributed by atoms with Crippen LogP contribution in [-0.4, -0.2) is 71.8 Å². The Morgan fingerprint density at radius 2 is 1.11 bits per heavy atom. The number of hydrogen-bond donors (Lipinski definition) is 2. The lowest BCUT2D eigenvalue weighted by molar-refractivity contribution is 0.574. The average Bonchev–Trinajstić information content (AvgIpc) is 1.76. The monoisotopic (exact) mass is 1400 g/mol. The van der Waals surface area contributed by atoms with E-state index in [9.17, 15) is 0 Å². The zero-order valence-corrected chi connectivity index (χ0v) is 64.9. The van der Waals surface area contributed by atoms with Gasteiger partial charge < -0.3 is 23.8 Å². The molecule has 1 unspecified atom stereocenters. The van der Waals surface area contributed by atoms with E-state index in [1.807, 2.05) is 109 Å². The Bertz CT molecular complexity index is 4600. The first-order valence-electron chi connectivity index (χ1n) is 32.9. The molecule has 0 amide bonds. The maximum absolute atomic E-state index is 6.28. The normalized spacial score (nSPS) is 13.6. The van der Waals surface area contributed by atoms with Gasteiger partial charge in [-0.25, -0.2) is 24.9 Å². The SMILES string of the molecule is CC(C)(C)c1cc2cnccc2[nH]1.CC(C)(C)c1cc2ncccc2[nH]1.CC(C)(C)c1ccc2ncc(Cl)n2c1.CC(C)(C)c1ccc2nccn2c1.CC(C)(C)c1nc2c(Cl)cccc2s1.CN1CC(Cl)c2cc(C(C)(C)C)cnc21.Cn1cc(Cl)c2cc(C(C)(C)C)cnc21. The van der Waals surface area contributed by atoms with Crippen LogP contribution in [-0.2, 0) is 45.0 Å². The maximum atomic E-state index is 6.28. The molecule has 0 spiro atoms. The summed E-state index contributed by atoms with van der Waals surface area (Å²) in [6, 6.07) is 28.8. The number of aromatic nitrogens is 12. The molecule has 0 saturated carbocycles. The fourth-order valence-electron chi connectivity index (χ4n) is 10.2. The van der Waals surface area contributed by atoms with Crippen molar-refractivity contribution >= 4 is 118 Å². The number of aromatic amines is 2. The van der Waals surface area contributed by atoms with Crippen molar-refractivity contribution in [3.63, 3.8) is 0 Å². The molecule has 0 fully saturated rings. The third-order valence-electron chi connectivity index (χ3n) is 16.5. The van der Waals surface area contributed by atoms with Crippen LogP contribution < -0.4 is 4.90 Å². The van der Waals surface area contributed by atoms with Gasteiger partial charge in [-0.3, -0.25) is 14.4 Å². The number of pyridine rings is 6. The number of rotatable bonds is 0. The van der Waals surface area contributed by atoms with E-state index in [-0.39, 0.29) is 43.3 Å². The summed E-state index contributed by atoms with van der Waals surface area (Å²) in [4.78, 5) is 39.1. The summed E-state index contributed by atoms with van der Waals surface area (Å²) in [5.74, 6) is 1.03. The Hall–Kier alpha value is -7.33. The predicted molar refractivity (Wildman–Crippen MR) is 415 cm³/mol. The number of anilines is 1. The van der Waals surface area contributed by atoms with E-state index >= 15 is 0 Å². The van der Waals surface area contributed by atoms with Crippen molar-refractivity contribution < 1.29 is 0 Å². The first-order chi connectivity index (χ1) is 45.0. The van der Waals surface area contributed by atoms with Gasteiger partial charge >= 0.3 is 0 Å². The standard InChI is InChI=1S/C12H17ClN2.C12H15ClN2.C11H13ClN2.C11H12ClNS.3C11H14N2/c2*1-12(2,3)8-5-9-10(13)7-15(4)11(9)14-6-8;1-11(2,3)8-4-5-10-13-6-9(12)14(10)7-8;1-11(2,3)10-13-9-7(12)5-4-6-8(9)14-10;1-11(2,3)10-6-8-7-12-5-4-9(8)13-10;1-11(2,3)9-4-5-10-12-6-7-13(10)8-9;1-11(2,3)10-7-9-8(13-10)5-4-6-12-9/h5-6,10H,7H2,1-4H3;5-7H,1-4H3;4-7H,1-3H3;4-6H,1-3H3;4-7,13H,1-3H3;4-8H,1-3H3;4-7,13H,1-3H3. The zero-order valence-electron chi connectivity index (χ0n) is 61.1. The Morgan fingerprint density at radius 1 is 0.505 bits per heavy atom. The van der Waals surface area contributed by atoms with Crippen molar-refractivity contribution in [2.24, 2.45) is 7.05 Å². The van der Waals surface area contributed by atoms with E-state index < -0.39 is 0 Å². The minimum absolute atomic E-state index is 0.0831. The van der Waals surface area contributed by atoms with Gasteiger partial charge in [-0.05, 0) is 111 Å². The van der Waals surface area contributed by atoms with E-state index in [1.165, 1.54) is 54.8 Å². The third-order valence-corrected chi connectivity index (χ3v) is 19.2. The number of para-hydroxylation sites is 1. The quantitative estimate of drug-likeness (QED) is 0.143. The summed E-state index contributed by atoms with van der Waals surface area (Å²) in [6.45, 7) is 46.8. The number of benzene rings is 1. The van der Waals surface area contributed by atoms with Crippen molar-refractivity contribution in [1.82, 2.24) is 58.2 Å². The van der Waals surface area contributed by atoms with E-state index in [4.69, 9.17) is 46.4 Å². The Balaban J connectivity index is 0.000000145. The van der Waals surface area contributed by atoms with E-state index in [0.717, 1.165) is 66.3 Å². The molecule has 0 aliphatic carbocycles. The molecule has 1 aliphatic rings. The van der Waals surface area contributed by atoms with E-state index in [2.05, 4.69) is 260 Å². The molecule has 0 bridgehead atoms. The number of halogens is 4. The molecule has 12 aromatic heterocycles. The number of thiazole rings is 1. The number of fused-ring (bicyclic) bond motifs is 7. The highest BCUT2D eigenvalue weighted by Crippen LogP contribution is 2.39. The first-order valence-corrected chi connectivity index (χ1v) is 35.3. The minimum atomic E-state index is 0.0831. The molecule has 1 aromatic carbocycles. The van der Waals surface area contributed by atoms with Crippen molar-refractivity contribution in [3.8, 4) is 0 Å². The molecule has 14 rings (SSSR count). The Labute approximate surface area is 598 Å². The first kappa shape index (κ1) is 75.4. The topological polar surface area (TPSA) is 139 Å². The molecule has 1 atom stereocenters.